The van der Waals surface area contributed by atoms with Gasteiger partial charge in [0.05, 0.1) is 12.0 Å². The summed E-state index contributed by atoms with van der Waals surface area (Å²) in [5, 5.41) is 3.61. The highest BCUT2D eigenvalue weighted by Gasteiger charge is 2.30. The number of hydrogen-bond acceptors (Lipinski definition) is 6. The van der Waals surface area contributed by atoms with Crippen molar-refractivity contribution in [3.63, 3.8) is 0 Å². The molecule has 1 aromatic heterocycles. The van der Waals surface area contributed by atoms with Gasteiger partial charge < -0.3 is 14.8 Å². The van der Waals surface area contributed by atoms with Gasteiger partial charge in [0.1, 0.15) is 16.7 Å². The monoisotopic (exact) mass is 445 g/mol. The van der Waals surface area contributed by atoms with Crippen molar-refractivity contribution >= 4 is 27.1 Å². The molecule has 1 unspecified atom stereocenters. The van der Waals surface area contributed by atoms with Crippen LogP contribution in [0.3, 0.4) is 0 Å². The standard InChI is InChI=1S/C22H23NO5S2/c1-16-5-3-6-18(13-16)28-15-22(24)23-14-21(20-7-4-12-29-20)30(25,26)19-10-8-17(27-2)9-11-19/h3-13,21H,14-15H2,1-2H3,(H,23,24). The molecule has 0 saturated heterocycles. The van der Waals surface area contributed by atoms with Gasteiger partial charge in [0.15, 0.2) is 16.4 Å². The number of nitrogens with one attached hydrogen (secondary N) is 1. The van der Waals surface area contributed by atoms with Crippen molar-refractivity contribution in [2.24, 2.45) is 0 Å². The molecule has 0 aliphatic carbocycles. The SMILES string of the molecule is COc1ccc(S(=O)(=O)C(CNC(=O)COc2cccc(C)c2)c2cccs2)cc1. The summed E-state index contributed by atoms with van der Waals surface area (Å²) in [5.74, 6) is 0.775. The van der Waals surface area contributed by atoms with Gasteiger partial charge in [0.25, 0.3) is 5.91 Å². The Hall–Kier alpha value is -2.84. The zero-order valence-corrected chi connectivity index (χ0v) is 18.3. The number of methoxy groups -OCH3 is 1. The van der Waals surface area contributed by atoms with E-state index in [4.69, 9.17) is 9.47 Å². The predicted molar refractivity (Wildman–Crippen MR) is 117 cm³/mol. The summed E-state index contributed by atoms with van der Waals surface area (Å²) < 4.78 is 37.1. The molecule has 158 valence electrons. The molecular formula is C22H23NO5S2. The fourth-order valence-electron chi connectivity index (χ4n) is 2.88. The highest BCUT2D eigenvalue weighted by atomic mass is 32.2. The molecule has 0 saturated carbocycles. The molecule has 0 spiro atoms. The summed E-state index contributed by atoms with van der Waals surface area (Å²) in [6.45, 7) is 1.69. The number of rotatable bonds is 9. The van der Waals surface area contributed by atoms with E-state index >= 15 is 0 Å². The number of ether oxygens (including phenoxy) is 2. The molecule has 8 heteroatoms. The first-order chi connectivity index (χ1) is 14.4. The van der Waals surface area contributed by atoms with Crippen LogP contribution in [0.25, 0.3) is 0 Å². The van der Waals surface area contributed by atoms with E-state index in [0.717, 1.165) is 5.56 Å². The highest BCUT2D eigenvalue weighted by Crippen LogP contribution is 2.32. The first kappa shape index (κ1) is 21.9. The zero-order valence-electron chi connectivity index (χ0n) is 16.7. The van der Waals surface area contributed by atoms with Crippen molar-refractivity contribution in [2.45, 2.75) is 17.1 Å². The van der Waals surface area contributed by atoms with Gasteiger partial charge in [0, 0.05) is 11.4 Å². The first-order valence-corrected chi connectivity index (χ1v) is 11.7. The minimum Gasteiger partial charge on any atom is -0.497 e. The van der Waals surface area contributed by atoms with Crippen molar-refractivity contribution in [3.8, 4) is 11.5 Å². The molecule has 0 aliphatic rings. The Morgan fingerprint density at radius 2 is 1.83 bits per heavy atom. The van der Waals surface area contributed by atoms with E-state index in [2.05, 4.69) is 5.32 Å². The molecule has 6 nitrogen and oxygen atoms in total. The van der Waals surface area contributed by atoms with Gasteiger partial charge in [-0.3, -0.25) is 4.79 Å². The zero-order chi connectivity index (χ0) is 21.6. The Kier molecular flexibility index (Phi) is 7.12. The lowest BCUT2D eigenvalue weighted by Gasteiger charge is -2.18. The number of amides is 1. The van der Waals surface area contributed by atoms with E-state index in [1.165, 1.54) is 30.6 Å². The van der Waals surface area contributed by atoms with Crippen LogP contribution in [0.5, 0.6) is 11.5 Å². The van der Waals surface area contributed by atoms with Gasteiger partial charge in [-0.15, -0.1) is 11.3 Å². The minimum absolute atomic E-state index is 0.0507. The van der Waals surface area contributed by atoms with Crippen LogP contribution in [0.4, 0.5) is 0 Å². The Labute approximate surface area is 180 Å². The maximum absolute atomic E-state index is 13.2. The lowest BCUT2D eigenvalue weighted by atomic mass is 10.2. The van der Waals surface area contributed by atoms with Crippen LogP contribution in [0, 0.1) is 6.92 Å². The fraction of sp³-hybridized carbons (Fsp3) is 0.227. The lowest BCUT2D eigenvalue weighted by Crippen LogP contribution is -2.34. The second kappa shape index (κ2) is 9.77. The van der Waals surface area contributed by atoms with Crippen LogP contribution in [0.1, 0.15) is 15.7 Å². The number of aryl methyl sites for hydroxylation is 1. The predicted octanol–water partition coefficient (Wildman–Crippen LogP) is 3.78. The van der Waals surface area contributed by atoms with E-state index < -0.39 is 15.1 Å². The molecule has 0 aliphatic heterocycles. The quantitative estimate of drug-likeness (QED) is 0.542. The van der Waals surface area contributed by atoms with Crippen LogP contribution in [-0.2, 0) is 14.6 Å². The smallest absolute Gasteiger partial charge is 0.257 e. The number of thiophene rings is 1. The largest absolute Gasteiger partial charge is 0.497 e. The molecule has 1 heterocycles. The summed E-state index contributed by atoms with van der Waals surface area (Å²) in [6, 6.07) is 17.2. The first-order valence-electron chi connectivity index (χ1n) is 9.27. The Balaban J connectivity index is 1.70. The molecule has 1 N–H and O–H groups in total. The summed E-state index contributed by atoms with van der Waals surface area (Å²) >= 11 is 1.34. The van der Waals surface area contributed by atoms with Gasteiger partial charge >= 0.3 is 0 Å². The van der Waals surface area contributed by atoms with Gasteiger partial charge in [-0.2, -0.15) is 0 Å². The third kappa shape index (κ3) is 5.40. The van der Waals surface area contributed by atoms with Gasteiger partial charge in [-0.05, 0) is 60.3 Å². The second-order valence-electron chi connectivity index (χ2n) is 6.63. The van der Waals surface area contributed by atoms with Crippen LogP contribution in [-0.4, -0.2) is 34.6 Å². The number of hydrogen-bond donors (Lipinski definition) is 1. The van der Waals surface area contributed by atoms with Crippen LogP contribution in [0.2, 0.25) is 0 Å². The molecule has 0 fully saturated rings. The molecule has 3 rings (SSSR count). The van der Waals surface area contributed by atoms with Crippen molar-refractivity contribution < 1.29 is 22.7 Å². The average molecular weight is 446 g/mol. The summed E-state index contributed by atoms with van der Waals surface area (Å²) in [7, 11) is -2.20. The van der Waals surface area contributed by atoms with Crippen molar-refractivity contribution in [3.05, 3.63) is 76.5 Å². The van der Waals surface area contributed by atoms with Crippen LogP contribution >= 0.6 is 11.3 Å². The van der Waals surface area contributed by atoms with E-state index in [0.29, 0.717) is 16.4 Å². The number of carbonyl (C=O) groups is 1. The third-order valence-electron chi connectivity index (χ3n) is 4.47. The van der Waals surface area contributed by atoms with E-state index in [-0.39, 0.29) is 24.0 Å². The fourth-order valence-corrected chi connectivity index (χ4v) is 5.66. The number of carbonyl (C=O) groups excluding carboxylic acids is 1. The average Bonchev–Trinajstić information content (AvgIpc) is 3.26. The van der Waals surface area contributed by atoms with Crippen LogP contribution < -0.4 is 14.8 Å². The van der Waals surface area contributed by atoms with Gasteiger partial charge in [0.2, 0.25) is 0 Å². The molecule has 30 heavy (non-hydrogen) atoms. The number of sulfone groups is 1. The lowest BCUT2D eigenvalue weighted by molar-refractivity contribution is -0.123. The van der Waals surface area contributed by atoms with E-state index in [9.17, 15) is 13.2 Å². The van der Waals surface area contributed by atoms with Crippen molar-refractivity contribution in [2.75, 3.05) is 20.3 Å². The molecule has 2 aromatic carbocycles. The Bertz CT molecular complexity index is 1080. The molecule has 0 radical (unpaired) electrons. The number of benzene rings is 2. The Morgan fingerprint density at radius 3 is 2.47 bits per heavy atom. The maximum Gasteiger partial charge on any atom is 0.257 e. The minimum atomic E-state index is -3.72. The summed E-state index contributed by atoms with van der Waals surface area (Å²) in [6.07, 6.45) is 0. The van der Waals surface area contributed by atoms with Gasteiger partial charge in [-0.1, -0.05) is 18.2 Å². The third-order valence-corrected chi connectivity index (χ3v) is 7.70. The molecule has 3 aromatic rings. The molecular weight excluding hydrogens is 422 g/mol. The van der Waals surface area contributed by atoms with E-state index in [1.807, 2.05) is 30.5 Å². The summed E-state index contributed by atoms with van der Waals surface area (Å²) in [4.78, 5) is 13.1. The topological polar surface area (TPSA) is 81.7 Å². The van der Waals surface area contributed by atoms with Gasteiger partial charge in [-0.25, -0.2) is 8.42 Å². The normalized spacial score (nSPS) is 12.2. The molecule has 0 bridgehead atoms. The van der Waals surface area contributed by atoms with Crippen LogP contribution in [0.15, 0.2) is 70.9 Å². The molecule has 1 amide bonds. The highest BCUT2D eigenvalue weighted by molar-refractivity contribution is 7.91. The maximum atomic E-state index is 13.2. The second-order valence-corrected chi connectivity index (χ2v) is 9.74. The Morgan fingerprint density at radius 1 is 1.07 bits per heavy atom. The molecule has 1 atom stereocenters. The van der Waals surface area contributed by atoms with Crippen molar-refractivity contribution in [1.29, 1.82) is 0 Å². The van der Waals surface area contributed by atoms with Crippen molar-refractivity contribution in [1.82, 2.24) is 5.32 Å². The van der Waals surface area contributed by atoms with E-state index in [1.54, 1.807) is 30.3 Å². The summed E-state index contributed by atoms with van der Waals surface area (Å²) in [5.41, 5.74) is 1.02.